The summed E-state index contributed by atoms with van der Waals surface area (Å²) in [5, 5.41) is 0. The van der Waals surface area contributed by atoms with Crippen molar-refractivity contribution >= 4 is 20.1 Å². The molecule has 6 nitrogen and oxygen atoms in total. The largest absolute Gasteiger partial charge is 0.270 e. The Bertz CT molecular complexity index is 520. The van der Waals surface area contributed by atoms with Crippen molar-refractivity contribution in [1.82, 2.24) is 4.31 Å². The molecule has 0 unspecified atom stereocenters. The average Bonchev–Trinajstić information content (AvgIpc) is 2.67. The van der Waals surface area contributed by atoms with Crippen LogP contribution in [0.15, 0.2) is 0 Å². The van der Waals surface area contributed by atoms with Gasteiger partial charge in [-0.15, -0.1) is 0 Å². The van der Waals surface area contributed by atoms with Gasteiger partial charge in [-0.3, -0.25) is 4.18 Å². The van der Waals surface area contributed by atoms with Gasteiger partial charge < -0.3 is 0 Å². The molecule has 20 heavy (non-hydrogen) atoms. The highest BCUT2D eigenvalue weighted by molar-refractivity contribution is 7.89. The van der Waals surface area contributed by atoms with Crippen LogP contribution in [0.25, 0.3) is 0 Å². The number of nitrogens with zero attached hydrogens (tertiary/aromatic N) is 1. The van der Waals surface area contributed by atoms with Crippen LogP contribution in [0.2, 0.25) is 0 Å². The molecule has 2 fully saturated rings. The summed E-state index contributed by atoms with van der Waals surface area (Å²) >= 11 is 0. The summed E-state index contributed by atoms with van der Waals surface area (Å²) in [5.41, 5.74) is 0. The molecule has 8 heteroatoms. The van der Waals surface area contributed by atoms with Crippen molar-refractivity contribution in [2.45, 2.75) is 32.1 Å². The molecule has 0 amide bonds. The summed E-state index contributed by atoms with van der Waals surface area (Å²) in [5.74, 6) is 0.957. The van der Waals surface area contributed by atoms with Crippen molar-refractivity contribution in [3.8, 4) is 0 Å². The van der Waals surface area contributed by atoms with E-state index < -0.39 is 20.1 Å². The SMILES string of the molecule is CS(=O)(=O)OC[C@H]1CC[C@H](CN2CCCS2(=O)=O)CC1. The Kier molecular flexibility index (Phi) is 5.09. The van der Waals surface area contributed by atoms with Gasteiger partial charge in [-0.2, -0.15) is 8.42 Å². The Balaban J connectivity index is 1.74. The van der Waals surface area contributed by atoms with Crippen LogP contribution in [0.5, 0.6) is 0 Å². The molecule has 1 aliphatic heterocycles. The van der Waals surface area contributed by atoms with Gasteiger partial charge in [0, 0.05) is 13.1 Å². The Morgan fingerprint density at radius 3 is 2.25 bits per heavy atom. The maximum absolute atomic E-state index is 11.8. The minimum absolute atomic E-state index is 0.258. The highest BCUT2D eigenvalue weighted by atomic mass is 32.2. The van der Waals surface area contributed by atoms with Crippen molar-refractivity contribution in [3.05, 3.63) is 0 Å². The predicted octanol–water partition coefficient (Wildman–Crippen LogP) is 0.804. The Morgan fingerprint density at radius 2 is 1.75 bits per heavy atom. The number of sulfonamides is 1. The second kappa shape index (κ2) is 6.29. The van der Waals surface area contributed by atoms with E-state index in [9.17, 15) is 16.8 Å². The number of hydrogen-bond acceptors (Lipinski definition) is 5. The Morgan fingerprint density at radius 1 is 1.15 bits per heavy atom. The van der Waals surface area contributed by atoms with Gasteiger partial charge in [0.1, 0.15) is 0 Å². The van der Waals surface area contributed by atoms with Crippen LogP contribution in [0.1, 0.15) is 32.1 Å². The van der Waals surface area contributed by atoms with Crippen LogP contribution >= 0.6 is 0 Å². The van der Waals surface area contributed by atoms with E-state index in [1.807, 2.05) is 0 Å². The third kappa shape index (κ3) is 4.68. The third-order valence-corrected chi connectivity index (χ3v) is 6.64. The monoisotopic (exact) mass is 325 g/mol. The summed E-state index contributed by atoms with van der Waals surface area (Å²) in [4.78, 5) is 0. The van der Waals surface area contributed by atoms with Crippen LogP contribution in [-0.4, -0.2) is 52.8 Å². The molecule has 1 saturated carbocycles. The van der Waals surface area contributed by atoms with Gasteiger partial charge in [0.05, 0.1) is 18.6 Å². The molecule has 0 N–H and O–H groups in total. The number of rotatable bonds is 5. The molecular formula is C12H23NO5S2. The van der Waals surface area contributed by atoms with Crippen molar-refractivity contribution in [2.24, 2.45) is 11.8 Å². The normalized spacial score (nSPS) is 31.4. The summed E-state index contributed by atoms with van der Waals surface area (Å²) < 4.78 is 51.8. The smallest absolute Gasteiger partial charge is 0.264 e. The third-order valence-electron chi connectivity index (χ3n) is 4.15. The molecule has 0 atom stereocenters. The van der Waals surface area contributed by atoms with E-state index in [0.717, 1.165) is 38.4 Å². The first-order valence-electron chi connectivity index (χ1n) is 7.08. The molecule has 0 bridgehead atoms. The minimum atomic E-state index is -3.36. The lowest BCUT2D eigenvalue weighted by Gasteiger charge is -2.30. The van der Waals surface area contributed by atoms with E-state index in [4.69, 9.17) is 4.18 Å². The molecular weight excluding hydrogens is 302 g/mol. The summed E-state index contributed by atoms with van der Waals surface area (Å²) in [6.45, 7) is 1.54. The fourth-order valence-corrected chi connectivity index (χ4v) is 5.02. The van der Waals surface area contributed by atoms with E-state index in [2.05, 4.69) is 0 Å². The van der Waals surface area contributed by atoms with Crippen molar-refractivity contribution in [3.63, 3.8) is 0 Å². The molecule has 1 saturated heterocycles. The van der Waals surface area contributed by atoms with Crippen LogP contribution in [0.3, 0.4) is 0 Å². The topological polar surface area (TPSA) is 80.8 Å². The predicted molar refractivity (Wildman–Crippen MR) is 76.2 cm³/mol. The van der Waals surface area contributed by atoms with Gasteiger partial charge in [-0.1, -0.05) is 0 Å². The van der Waals surface area contributed by atoms with Crippen LogP contribution < -0.4 is 0 Å². The summed E-state index contributed by atoms with van der Waals surface area (Å²) in [7, 11) is -6.36. The lowest BCUT2D eigenvalue weighted by molar-refractivity contribution is 0.177. The molecule has 2 aliphatic rings. The van der Waals surface area contributed by atoms with Crippen molar-refractivity contribution < 1.29 is 21.0 Å². The maximum Gasteiger partial charge on any atom is 0.264 e. The Hall–Kier alpha value is -0.180. The van der Waals surface area contributed by atoms with Crippen LogP contribution in [-0.2, 0) is 24.3 Å². The lowest BCUT2D eigenvalue weighted by atomic mass is 9.82. The highest BCUT2D eigenvalue weighted by Gasteiger charge is 2.31. The first-order chi connectivity index (χ1) is 9.26. The van der Waals surface area contributed by atoms with Crippen LogP contribution in [0, 0.1) is 11.8 Å². The van der Waals surface area contributed by atoms with Gasteiger partial charge >= 0.3 is 0 Å². The van der Waals surface area contributed by atoms with Gasteiger partial charge in [-0.25, -0.2) is 12.7 Å². The van der Waals surface area contributed by atoms with E-state index in [1.165, 1.54) is 0 Å². The van der Waals surface area contributed by atoms with Gasteiger partial charge in [-0.05, 0) is 43.9 Å². The standard InChI is InChI=1S/C12H23NO5S2/c1-19(14,15)18-10-12-5-3-11(4-6-12)9-13-7-2-8-20(13,16)17/h11-12H,2-10H2,1H3/t11-,12-. The second-order valence-electron chi connectivity index (χ2n) is 5.90. The highest BCUT2D eigenvalue weighted by Crippen LogP contribution is 2.31. The molecule has 2 rings (SSSR count). The fraction of sp³-hybridized carbons (Fsp3) is 1.00. The first-order valence-corrected chi connectivity index (χ1v) is 10.5. The fourth-order valence-electron chi connectivity index (χ4n) is 2.98. The molecule has 0 aromatic heterocycles. The average molecular weight is 325 g/mol. The zero-order valence-corrected chi connectivity index (χ0v) is 13.5. The first kappa shape index (κ1) is 16.2. The van der Waals surface area contributed by atoms with E-state index >= 15 is 0 Å². The Labute approximate surface area is 121 Å². The van der Waals surface area contributed by atoms with Crippen molar-refractivity contribution in [1.29, 1.82) is 0 Å². The molecule has 1 heterocycles. The van der Waals surface area contributed by atoms with E-state index in [1.54, 1.807) is 4.31 Å². The number of hydrogen-bond donors (Lipinski definition) is 0. The second-order valence-corrected chi connectivity index (χ2v) is 9.64. The summed E-state index contributed by atoms with van der Waals surface area (Å²) in [6.07, 6.45) is 5.52. The molecule has 0 spiro atoms. The van der Waals surface area contributed by atoms with E-state index in [-0.39, 0.29) is 18.3 Å². The lowest BCUT2D eigenvalue weighted by Crippen LogP contribution is -2.33. The van der Waals surface area contributed by atoms with E-state index in [0.29, 0.717) is 19.0 Å². The molecule has 0 aromatic rings. The molecule has 118 valence electrons. The maximum atomic E-state index is 11.8. The zero-order valence-electron chi connectivity index (χ0n) is 11.8. The van der Waals surface area contributed by atoms with Gasteiger partial charge in [0.25, 0.3) is 10.1 Å². The van der Waals surface area contributed by atoms with Gasteiger partial charge in [0.15, 0.2) is 0 Å². The summed E-state index contributed by atoms with van der Waals surface area (Å²) in [6, 6.07) is 0. The molecule has 1 aliphatic carbocycles. The minimum Gasteiger partial charge on any atom is -0.270 e. The zero-order chi connectivity index (χ0) is 14.8. The quantitative estimate of drug-likeness (QED) is 0.699. The molecule has 0 radical (unpaired) electrons. The van der Waals surface area contributed by atoms with Crippen LogP contribution in [0.4, 0.5) is 0 Å². The van der Waals surface area contributed by atoms with Crippen molar-refractivity contribution in [2.75, 3.05) is 31.7 Å². The molecule has 0 aromatic carbocycles. The van der Waals surface area contributed by atoms with Gasteiger partial charge in [0.2, 0.25) is 10.0 Å².